The summed E-state index contributed by atoms with van der Waals surface area (Å²) >= 11 is 0. The molecule has 6 rings (SSSR count). The topological polar surface area (TPSA) is 132 Å². The smallest absolute Gasteiger partial charge is 0.252 e. The fourth-order valence-electron chi connectivity index (χ4n) is 6.11. The van der Waals surface area contributed by atoms with E-state index in [1.807, 2.05) is 122 Å². The van der Waals surface area contributed by atoms with Crippen LogP contribution < -0.4 is 15.0 Å². The number of ether oxygens (including phenoxy) is 2. The van der Waals surface area contributed by atoms with E-state index in [9.17, 15) is 10.3 Å². The minimum atomic E-state index is -1.48. The van der Waals surface area contributed by atoms with Crippen LogP contribution in [0.25, 0.3) is 21.6 Å². The Hall–Kier alpha value is -6.09. The van der Waals surface area contributed by atoms with Crippen LogP contribution in [0.1, 0.15) is 34.8 Å². The van der Waals surface area contributed by atoms with Gasteiger partial charge in [0.05, 0.1) is 6.61 Å². The molecule has 1 heterocycles. The number of hydrogen-bond acceptors (Lipinski definition) is 7. The zero-order valence-corrected chi connectivity index (χ0v) is 28.6. The number of nitrogens with one attached hydrogen (secondary N) is 1. The third kappa shape index (κ3) is 8.05. The molecule has 0 aliphatic carbocycles. The molecule has 1 aliphatic rings. The molecule has 1 amide bonds. The number of carbonyl (C=O) groups is 1. The van der Waals surface area contributed by atoms with Gasteiger partial charge in [0.1, 0.15) is 5.75 Å². The van der Waals surface area contributed by atoms with Crippen molar-refractivity contribution in [2.45, 2.75) is 31.0 Å². The van der Waals surface area contributed by atoms with Crippen molar-refractivity contribution in [2.75, 3.05) is 32.2 Å². The predicted molar refractivity (Wildman–Crippen MR) is 200 cm³/mol. The van der Waals surface area contributed by atoms with Crippen molar-refractivity contribution in [1.82, 2.24) is 5.32 Å². The molecule has 5 aromatic carbocycles. The molecule has 1 aliphatic heterocycles. The van der Waals surface area contributed by atoms with Gasteiger partial charge in [0.15, 0.2) is 11.6 Å². The molecule has 0 saturated heterocycles. The van der Waals surface area contributed by atoms with Crippen molar-refractivity contribution in [2.24, 2.45) is 10.1 Å². The first-order chi connectivity index (χ1) is 24.9. The summed E-state index contributed by atoms with van der Waals surface area (Å²) in [5, 5.41) is 16.2. The maximum Gasteiger partial charge on any atom is 0.252 e. The first-order valence-corrected chi connectivity index (χ1v) is 16.8. The first-order valence-electron chi connectivity index (χ1n) is 16.8. The van der Waals surface area contributed by atoms with Gasteiger partial charge < -0.3 is 24.8 Å². The number of anilines is 1. The SMILES string of the molecule is CN(C)c1ccc(CNC(=O)[C@]2(Cc3ccccc3N=[N+]=[N-])N=C(c3ccc(OCCCO)cc3)O[C@@H]2c2ccc(-c3ccccc3)cc2)cc1. The molecule has 0 spiro atoms. The quantitative estimate of drug-likeness (QED) is 0.0532. The molecule has 0 fully saturated rings. The zero-order chi connectivity index (χ0) is 35.6. The lowest BCUT2D eigenvalue weighted by Gasteiger charge is -2.31. The Labute approximate surface area is 297 Å². The molecule has 0 unspecified atom stereocenters. The molecule has 0 radical (unpaired) electrons. The highest BCUT2D eigenvalue weighted by Gasteiger charge is 2.53. The number of amides is 1. The number of hydrogen-bond donors (Lipinski definition) is 2. The Balaban J connectivity index is 1.43. The largest absolute Gasteiger partial charge is 0.494 e. The molecule has 51 heavy (non-hydrogen) atoms. The zero-order valence-electron chi connectivity index (χ0n) is 28.6. The molecule has 5 aromatic rings. The number of aliphatic hydroxyl groups is 1. The van der Waals surface area contributed by atoms with Gasteiger partial charge in [0.25, 0.3) is 5.91 Å². The van der Waals surface area contributed by atoms with E-state index in [0.717, 1.165) is 27.9 Å². The Morgan fingerprint density at radius 1 is 0.902 bits per heavy atom. The second-order valence-electron chi connectivity index (χ2n) is 12.5. The summed E-state index contributed by atoms with van der Waals surface area (Å²) in [6, 6.07) is 40.6. The van der Waals surface area contributed by atoms with Gasteiger partial charge in [-0.05, 0) is 69.7 Å². The van der Waals surface area contributed by atoms with Crippen molar-refractivity contribution in [3.63, 3.8) is 0 Å². The summed E-state index contributed by atoms with van der Waals surface area (Å²) in [4.78, 5) is 25.0. The van der Waals surface area contributed by atoms with E-state index >= 15 is 0 Å². The highest BCUT2D eigenvalue weighted by Crippen LogP contribution is 2.44. The van der Waals surface area contributed by atoms with Crippen LogP contribution in [-0.2, 0) is 22.5 Å². The van der Waals surface area contributed by atoms with Crippen LogP contribution >= 0.6 is 0 Å². The predicted octanol–water partition coefficient (Wildman–Crippen LogP) is 7.94. The summed E-state index contributed by atoms with van der Waals surface area (Å²) in [7, 11) is 3.96. The fraction of sp³-hybridized carbons (Fsp3) is 0.220. The van der Waals surface area contributed by atoms with E-state index in [4.69, 9.17) is 19.6 Å². The van der Waals surface area contributed by atoms with Crippen LogP contribution in [-0.4, -0.2) is 49.8 Å². The van der Waals surface area contributed by atoms with Gasteiger partial charge in [-0.25, -0.2) is 4.99 Å². The van der Waals surface area contributed by atoms with Crippen LogP contribution in [0.3, 0.4) is 0 Å². The second-order valence-corrected chi connectivity index (χ2v) is 12.5. The van der Waals surface area contributed by atoms with E-state index in [0.29, 0.717) is 41.5 Å². The average Bonchev–Trinajstić information content (AvgIpc) is 3.56. The minimum Gasteiger partial charge on any atom is -0.494 e. The molecule has 258 valence electrons. The summed E-state index contributed by atoms with van der Waals surface area (Å²) in [5.41, 5.74) is 14.5. The molecule has 10 heteroatoms. The van der Waals surface area contributed by atoms with Crippen molar-refractivity contribution >= 4 is 23.2 Å². The normalized spacial score (nSPS) is 16.4. The summed E-state index contributed by atoms with van der Waals surface area (Å²) in [6.45, 7) is 0.710. The van der Waals surface area contributed by atoms with Gasteiger partial charge in [-0.2, -0.15) is 0 Å². The Kier molecular flexibility index (Phi) is 11.0. The first kappa shape index (κ1) is 34.8. The number of carbonyl (C=O) groups excluding carboxylic acids is 1. The van der Waals surface area contributed by atoms with Gasteiger partial charge in [-0.3, -0.25) is 4.79 Å². The third-order valence-corrected chi connectivity index (χ3v) is 8.86. The van der Waals surface area contributed by atoms with Gasteiger partial charge >= 0.3 is 0 Å². The minimum absolute atomic E-state index is 0.0464. The highest BCUT2D eigenvalue weighted by atomic mass is 16.5. The molecule has 2 N–H and O–H groups in total. The lowest BCUT2D eigenvalue weighted by Crippen LogP contribution is -2.49. The summed E-state index contributed by atoms with van der Waals surface area (Å²) in [6.07, 6.45) is -0.199. The average molecular weight is 681 g/mol. The fourth-order valence-corrected chi connectivity index (χ4v) is 6.11. The maximum absolute atomic E-state index is 14.8. The number of rotatable bonds is 14. The van der Waals surface area contributed by atoms with Crippen molar-refractivity contribution in [3.8, 4) is 16.9 Å². The Morgan fingerprint density at radius 2 is 1.57 bits per heavy atom. The lowest BCUT2D eigenvalue weighted by molar-refractivity contribution is -0.129. The third-order valence-electron chi connectivity index (χ3n) is 8.86. The van der Waals surface area contributed by atoms with Gasteiger partial charge in [-0.1, -0.05) is 96.1 Å². The molecule has 0 bridgehead atoms. The van der Waals surface area contributed by atoms with Crippen molar-refractivity contribution < 1.29 is 19.4 Å². The van der Waals surface area contributed by atoms with E-state index in [1.54, 1.807) is 12.1 Å². The van der Waals surface area contributed by atoms with E-state index in [1.165, 1.54) is 0 Å². The summed E-state index contributed by atoms with van der Waals surface area (Å²) in [5.74, 6) is 0.623. The Morgan fingerprint density at radius 3 is 2.25 bits per heavy atom. The number of azide groups is 1. The van der Waals surface area contributed by atoms with Crippen LogP contribution in [0, 0.1) is 0 Å². The molecule has 10 nitrogen and oxygen atoms in total. The highest BCUT2D eigenvalue weighted by molar-refractivity contribution is 6.01. The molecular weight excluding hydrogens is 640 g/mol. The number of benzene rings is 5. The van der Waals surface area contributed by atoms with Crippen LogP contribution in [0.2, 0.25) is 0 Å². The monoisotopic (exact) mass is 680 g/mol. The number of aliphatic hydroxyl groups excluding tert-OH is 1. The van der Waals surface area contributed by atoms with E-state index in [2.05, 4.69) is 27.5 Å². The maximum atomic E-state index is 14.8. The van der Waals surface area contributed by atoms with Gasteiger partial charge in [0.2, 0.25) is 5.90 Å². The number of aliphatic imine (C=N–C) groups is 1. The standard InChI is InChI=1S/C41H40N6O4/c1-47(2)35-21-13-29(14-22-35)28-43-40(49)41(27-34-11-6-7-12-37(34)45-46-42)38(32-17-15-31(16-18-32)30-9-4-3-5-10-30)51-39(44-41)33-19-23-36(24-20-33)50-26-8-25-48/h3-7,9-24,38,48H,8,25-28H2,1-2H3,(H,43,49)/t38-,41-/m1/s1. The molecule has 2 atom stereocenters. The summed E-state index contributed by atoms with van der Waals surface area (Å²) < 4.78 is 12.5. The second kappa shape index (κ2) is 16.1. The Bertz CT molecular complexity index is 2010. The van der Waals surface area contributed by atoms with Crippen LogP contribution in [0.4, 0.5) is 11.4 Å². The molecule has 0 saturated carbocycles. The van der Waals surface area contributed by atoms with E-state index in [-0.39, 0.29) is 25.5 Å². The van der Waals surface area contributed by atoms with Crippen LogP contribution in [0.5, 0.6) is 5.75 Å². The van der Waals surface area contributed by atoms with Crippen molar-refractivity contribution in [1.29, 1.82) is 0 Å². The van der Waals surface area contributed by atoms with Crippen LogP contribution in [0.15, 0.2) is 138 Å². The molecular formula is C41H40N6O4. The number of nitrogens with zero attached hydrogens (tertiary/aromatic N) is 5. The van der Waals surface area contributed by atoms with Crippen molar-refractivity contribution in [3.05, 3.63) is 160 Å². The van der Waals surface area contributed by atoms with Gasteiger partial charge in [-0.15, -0.1) is 0 Å². The lowest BCUT2D eigenvalue weighted by atomic mass is 9.81. The van der Waals surface area contributed by atoms with Gasteiger partial charge in [0, 0.05) is 61.9 Å². The molecule has 0 aromatic heterocycles. The van der Waals surface area contributed by atoms with E-state index < -0.39 is 11.6 Å².